The van der Waals surface area contributed by atoms with E-state index in [1.54, 1.807) is 11.3 Å². The number of ether oxygens (including phenoxy) is 1. The molecule has 2 atom stereocenters. The number of rotatable bonds is 4. The van der Waals surface area contributed by atoms with Gasteiger partial charge < -0.3 is 10.1 Å². The van der Waals surface area contributed by atoms with Crippen LogP contribution in [0.2, 0.25) is 0 Å². The summed E-state index contributed by atoms with van der Waals surface area (Å²) in [6.45, 7) is 3.03. The summed E-state index contributed by atoms with van der Waals surface area (Å²) in [7, 11) is 0. The standard InChI is InChI=1S/C11H16N2OS/c1-9(11-12-5-7-15-11)13-8-10-4-2-3-6-14-10/h3,5-7,9-10,13H,2,4,8H2,1H3. The third-order valence-corrected chi connectivity index (χ3v) is 3.45. The molecular formula is C11H16N2OS. The SMILES string of the molecule is CC(NCC1CCC=CO1)c1nccs1. The first-order valence-electron chi connectivity index (χ1n) is 5.29. The van der Waals surface area contributed by atoms with Crippen LogP contribution < -0.4 is 5.32 Å². The fraction of sp³-hybridized carbons (Fsp3) is 0.545. The maximum atomic E-state index is 5.49. The molecule has 1 aromatic heterocycles. The van der Waals surface area contributed by atoms with Gasteiger partial charge in [-0.2, -0.15) is 0 Å². The molecule has 0 radical (unpaired) electrons. The fourth-order valence-corrected chi connectivity index (χ4v) is 2.25. The van der Waals surface area contributed by atoms with Gasteiger partial charge in [-0.05, 0) is 25.8 Å². The molecule has 2 rings (SSSR count). The number of thiazole rings is 1. The van der Waals surface area contributed by atoms with E-state index in [1.165, 1.54) is 0 Å². The van der Waals surface area contributed by atoms with Crippen LogP contribution in [0.15, 0.2) is 23.9 Å². The van der Waals surface area contributed by atoms with E-state index in [-0.39, 0.29) is 0 Å². The molecule has 0 fully saturated rings. The van der Waals surface area contributed by atoms with Gasteiger partial charge in [-0.25, -0.2) is 4.98 Å². The van der Waals surface area contributed by atoms with Crippen molar-refractivity contribution in [1.82, 2.24) is 10.3 Å². The Morgan fingerprint density at radius 1 is 1.73 bits per heavy atom. The van der Waals surface area contributed by atoms with Crippen LogP contribution in [0.5, 0.6) is 0 Å². The molecule has 2 unspecified atom stereocenters. The maximum absolute atomic E-state index is 5.49. The predicted octanol–water partition coefficient (Wildman–Crippen LogP) is 2.49. The van der Waals surface area contributed by atoms with E-state index in [0.717, 1.165) is 24.4 Å². The monoisotopic (exact) mass is 224 g/mol. The summed E-state index contributed by atoms with van der Waals surface area (Å²) in [5.74, 6) is 0. The number of allylic oxidation sites excluding steroid dienone is 1. The van der Waals surface area contributed by atoms with Crippen LogP contribution in [0.25, 0.3) is 0 Å². The van der Waals surface area contributed by atoms with E-state index in [0.29, 0.717) is 12.1 Å². The fourth-order valence-electron chi connectivity index (χ4n) is 1.58. The highest BCUT2D eigenvalue weighted by Crippen LogP contribution is 2.16. The van der Waals surface area contributed by atoms with Crippen LogP contribution in [-0.2, 0) is 4.74 Å². The summed E-state index contributed by atoms with van der Waals surface area (Å²) in [5, 5.41) is 6.59. The lowest BCUT2D eigenvalue weighted by Crippen LogP contribution is -2.30. The van der Waals surface area contributed by atoms with Crippen molar-refractivity contribution in [1.29, 1.82) is 0 Å². The molecule has 1 N–H and O–H groups in total. The molecule has 3 nitrogen and oxygen atoms in total. The van der Waals surface area contributed by atoms with E-state index in [4.69, 9.17) is 4.74 Å². The van der Waals surface area contributed by atoms with Gasteiger partial charge in [0.05, 0.1) is 12.3 Å². The van der Waals surface area contributed by atoms with Gasteiger partial charge in [0.1, 0.15) is 11.1 Å². The lowest BCUT2D eigenvalue weighted by Gasteiger charge is -2.21. The predicted molar refractivity (Wildman–Crippen MR) is 61.8 cm³/mol. The van der Waals surface area contributed by atoms with Gasteiger partial charge in [-0.1, -0.05) is 0 Å². The van der Waals surface area contributed by atoms with Gasteiger partial charge in [-0.3, -0.25) is 0 Å². The molecule has 0 bridgehead atoms. The minimum Gasteiger partial charge on any atom is -0.497 e. The summed E-state index contributed by atoms with van der Waals surface area (Å²) in [4.78, 5) is 4.28. The number of hydrogen-bond donors (Lipinski definition) is 1. The third-order valence-electron chi connectivity index (χ3n) is 2.50. The van der Waals surface area contributed by atoms with E-state index in [9.17, 15) is 0 Å². The van der Waals surface area contributed by atoms with Crippen molar-refractivity contribution in [2.45, 2.75) is 31.9 Å². The molecule has 2 heterocycles. The topological polar surface area (TPSA) is 34.1 Å². The summed E-state index contributed by atoms with van der Waals surface area (Å²) in [6, 6.07) is 0.319. The van der Waals surface area contributed by atoms with E-state index >= 15 is 0 Å². The highest BCUT2D eigenvalue weighted by molar-refractivity contribution is 7.09. The van der Waals surface area contributed by atoms with Gasteiger partial charge >= 0.3 is 0 Å². The Labute approximate surface area is 94.2 Å². The Morgan fingerprint density at radius 2 is 2.67 bits per heavy atom. The van der Waals surface area contributed by atoms with Crippen molar-refractivity contribution in [3.8, 4) is 0 Å². The minimum atomic E-state index is 0.317. The normalized spacial score (nSPS) is 22.3. The van der Waals surface area contributed by atoms with Crippen LogP contribution in [0.3, 0.4) is 0 Å². The van der Waals surface area contributed by atoms with Crippen molar-refractivity contribution >= 4 is 11.3 Å². The zero-order chi connectivity index (χ0) is 10.5. The maximum Gasteiger partial charge on any atom is 0.110 e. The Morgan fingerprint density at radius 3 is 3.33 bits per heavy atom. The Kier molecular flexibility index (Phi) is 3.75. The largest absolute Gasteiger partial charge is 0.497 e. The smallest absolute Gasteiger partial charge is 0.110 e. The van der Waals surface area contributed by atoms with Gasteiger partial charge in [0, 0.05) is 18.1 Å². The summed E-state index contributed by atoms with van der Waals surface area (Å²) in [5.41, 5.74) is 0. The molecule has 0 spiro atoms. The van der Waals surface area contributed by atoms with Gasteiger partial charge in [-0.15, -0.1) is 11.3 Å². The lowest BCUT2D eigenvalue weighted by atomic mass is 10.1. The van der Waals surface area contributed by atoms with Crippen LogP contribution in [0.1, 0.15) is 30.8 Å². The summed E-state index contributed by atoms with van der Waals surface area (Å²) < 4.78 is 5.49. The molecule has 0 aliphatic carbocycles. The second kappa shape index (κ2) is 5.28. The van der Waals surface area contributed by atoms with Crippen LogP contribution >= 0.6 is 11.3 Å². The number of aromatic nitrogens is 1. The van der Waals surface area contributed by atoms with E-state index in [1.807, 2.05) is 17.8 Å². The first kappa shape index (κ1) is 10.6. The average molecular weight is 224 g/mol. The van der Waals surface area contributed by atoms with Crippen molar-refractivity contribution in [2.24, 2.45) is 0 Å². The molecule has 15 heavy (non-hydrogen) atoms. The number of hydrogen-bond acceptors (Lipinski definition) is 4. The van der Waals surface area contributed by atoms with Crippen molar-refractivity contribution < 1.29 is 4.74 Å². The first-order valence-corrected chi connectivity index (χ1v) is 6.17. The highest BCUT2D eigenvalue weighted by atomic mass is 32.1. The molecule has 0 saturated heterocycles. The molecule has 0 amide bonds. The molecule has 1 aromatic rings. The van der Waals surface area contributed by atoms with Crippen LogP contribution in [0.4, 0.5) is 0 Å². The molecule has 4 heteroatoms. The zero-order valence-corrected chi connectivity index (χ0v) is 9.67. The van der Waals surface area contributed by atoms with Crippen LogP contribution in [0, 0.1) is 0 Å². The second-order valence-corrected chi connectivity index (χ2v) is 4.63. The van der Waals surface area contributed by atoms with Gasteiger partial charge in [0.2, 0.25) is 0 Å². The Balaban J connectivity index is 1.75. The third kappa shape index (κ3) is 3.04. The molecular weight excluding hydrogens is 208 g/mol. The molecule has 82 valence electrons. The second-order valence-electron chi connectivity index (χ2n) is 3.71. The van der Waals surface area contributed by atoms with Crippen LogP contribution in [-0.4, -0.2) is 17.6 Å². The molecule has 1 aliphatic rings. The van der Waals surface area contributed by atoms with Gasteiger partial charge in [0.15, 0.2) is 0 Å². The molecule has 0 aromatic carbocycles. The van der Waals surface area contributed by atoms with Crippen molar-refractivity contribution in [3.63, 3.8) is 0 Å². The Hall–Kier alpha value is -0.870. The molecule has 1 aliphatic heterocycles. The van der Waals surface area contributed by atoms with E-state index in [2.05, 4.69) is 23.3 Å². The number of nitrogens with one attached hydrogen (secondary N) is 1. The first-order chi connectivity index (χ1) is 7.36. The number of nitrogens with zero attached hydrogens (tertiary/aromatic N) is 1. The van der Waals surface area contributed by atoms with E-state index < -0.39 is 0 Å². The summed E-state index contributed by atoms with van der Waals surface area (Å²) in [6.07, 6.45) is 8.27. The highest BCUT2D eigenvalue weighted by Gasteiger charge is 2.13. The van der Waals surface area contributed by atoms with Crippen molar-refractivity contribution in [2.75, 3.05) is 6.54 Å². The summed E-state index contributed by atoms with van der Waals surface area (Å²) >= 11 is 1.69. The van der Waals surface area contributed by atoms with Gasteiger partial charge in [0.25, 0.3) is 0 Å². The lowest BCUT2D eigenvalue weighted by molar-refractivity contribution is 0.120. The zero-order valence-electron chi connectivity index (χ0n) is 8.85. The quantitative estimate of drug-likeness (QED) is 0.853. The van der Waals surface area contributed by atoms with Crippen molar-refractivity contribution in [3.05, 3.63) is 28.9 Å². The Bertz CT molecular complexity index is 310. The minimum absolute atomic E-state index is 0.317. The molecule has 0 saturated carbocycles. The average Bonchev–Trinajstić information content (AvgIpc) is 2.81.